The number of nitrogens with zero attached hydrogens (tertiary/aromatic N) is 2. The van der Waals surface area contributed by atoms with Gasteiger partial charge in [-0.1, -0.05) is 13.8 Å². The molecule has 0 aromatic carbocycles. The summed E-state index contributed by atoms with van der Waals surface area (Å²) in [7, 11) is 2.26. The van der Waals surface area contributed by atoms with Crippen molar-refractivity contribution in [2.75, 3.05) is 39.8 Å². The average molecular weight is 198 g/mol. The van der Waals surface area contributed by atoms with E-state index < -0.39 is 0 Å². The molecule has 1 fully saturated rings. The normalized spacial score (nSPS) is 20.6. The highest BCUT2D eigenvalue weighted by atomic mass is 15.1. The highest BCUT2D eigenvalue weighted by molar-refractivity contribution is 4.73. The molecular weight excluding hydrogens is 172 g/mol. The van der Waals surface area contributed by atoms with E-state index in [0.717, 1.165) is 5.92 Å². The Morgan fingerprint density at radius 2 is 1.86 bits per heavy atom. The second kappa shape index (κ2) is 6.41. The van der Waals surface area contributed by atoms with E-state index in [4.69, 9.17) is 0 Å². The molecular formula is C12H26N2. The van der Waals surface area contributed by atoms with Gasteiger partial charge in [-0.25, -0.2) is 0 Å². The summed E-state index contributed by atoms with van der Waals surface area (Å²) in [5.41, 5.74) is 0. The van der Waals surface area contributed by atoms with Crippen LogP contribution in [0.3, 0.4) is 0 Å². The molecule has 0 N–H and O–H groups in total. The topological polar surface area (TPSA) is 6.48 Å². The van der Waals surface area contributed by atoms with E-state index in [-0.39, 0.29) is 0 Å². The first-order chi connectivity index (χ1) is 6.76. The highest BCUT2D eigenvalue weighted by Crippen LogP contribution is 2.17. The maximum Gasteiger partial charge on any atom is 0.000756 e. The predicted molar refractivity (Wildman–Crippen MR) is 62.6 cm³/mol. The van der Waals surface area contributed by atoms with E-state index >= 15 is 0 Å². The van der Waals surface area contributed by atoms with Crippen molar-refractivity contribution in [3.05, 3.63) is 0 Å². The minimum Gasteiger partial charge on any atom is -0.306 e. The Kier molecular flexibility index (Phi) is 5.49. The fourth-order valence-corrected chi connectivity index (χ4v) is 2.40. The molecule has 1 heterocycles. The van der Waals surface area contributed by atoms with Crippen LogP contribution in [0.5, 0.6) is 0 Å². The van der Waals surface area contributed by atoms with E-state index in [0.29, 0.717) is 0 Å². The summed E-state index contributed by atoms with van der Waals surface area (Å²) in [5.74, 6) is 0.953. The fourth-order valence-electron chi connectivity index (χ4n) is 2.40. The lowest BCUT2D eigenvalue weighted by molar-refractivity contribution is 0.160. The zero-order valence-corrected chi connectivity index (χ0v) is 10.1. The summed E-state index contributed by atoms with van der Waals surface area (Å²) in [6, 6.07) is 0. The van der Waals surface area contributed by atoms with Crippen molar-refractivity contribution in [2.24, 2.45) is 5.92 Å². The predicted octanol–water partition coefficient (Wildman–Crippen LogP) is 2.06. The molecule has 1 aliphatic rings. The van der Waals surface area contributed by atoms with Crippen LogP contribution in [0.15, 0.2) is 0 Å². The Bertz CT molecular complexity index is 139. The van der Waals surface area contributed by atoms with Gasteiger partial charge in [-0.05, 0) is 58.4 Å². The second-order valence-electron chi connectivity index (χ2n) is 4.64. The van der Waals surface area contributed by atoms with Gasteiger partial charge in [0.2, 0.25) is 0 Å². The SMILES string of the molecule is CCCN(C)CC1CCN(CC)CC1. The lowest BCUT2D eigenvalue weighted by atomic mass is 9.96. The molecule has 2 heteroatoms. The number of hydrogen-bond acceptors (Lipinski definition) is 2. The molecule has 1 rings (SSSR count). The van der Waals surface area contributed by atoms with Crippen molar-refractivity contribution in [1.29, 1.82) is 0 Å². The molecule has 0 aliphatic carbocycles. The zero-order valence-electron chi connectivity index (χ0n) is 10.1. The Balaban J connectivity index is 2.15. The van der Waals surface area contributed by atoms with Crippen LogP contribution in [0, 0.1) is 5.92 Å². The van der Waals surface area contributed by atoms with Crippen molar-refractivity contribution in [3.63, 3.8) is 0 Å². The van der Waals surface area contributed by atoms with Crippen molar-refractivity contribution in [1.82, 2.24) is 9.80 Å². The van der Waals surface area contributed by atoms with Crippen LogP contribution in [0.4, 0.5) is 0 Å². The Morgan fingerprint density at radius 1 is 1.21 bits per heavy atom. The first kappa shape index (κ1) is 12.0. The van der Waals surface area contributed by atoms with Crippen LogP contribution in [0.1, 0.15) is 33.1 Å². The van der Waals surface area contributed by atoms with Crippen molar-refractivity contribution >= 4 is 0 Å². The van der Waals surface area contributed by atoms with Crippen molar-refractivity contribution in [2.45, 2.75) is 33.1 Å². The molecule has 0 atom stereocenters. The van der Waals surface area contributed by atoms with E-state index in [9.17, 15) is 0 Å². The van der Waals surface area contributed by atoms with E-state index in [1.807, 2.05) is 0 Å². The largest absolute Gasteiger partial charge is 0.306 e. The highest BCUT2D eigenvalue weighted by Gasteiger charge is 2.18. The van der Waals surface area contributed by atoms with Crippen LogP contribution in [0.2, 0.25) is 0 Å². The van der Waals surface area contributed by atoms with Gasteiger partial charge < -0.3 is 9.80 Å². The van der Waals surface area contributed by atoms with Gasteiger partial charge in [0.25, 0.3) is 0 Å². The standard InChI is InChI=1S/C12H26N2/c1-4-8-13(3)11-12-6-9-14(5-2)10-7-12/h12H,4-11H2,1-3H3. The van der Waals surface area contributed by atoms with Gasteiger partial charge in [0, 0.05) is 6.54 Å². The average Bonchev–Trinajstić information content (AvgIpc) is 2.19. The van der Waals surface area contributed by atoms with Gasteiger partial charge in [-0.2, -0.15) is 0 Å². The molecule has 0 bridgehead atoms. The van der Waals surface area contributed by atoms with Gasteiger partial charge in [0.1, 0.15) is 0 Å². The Labute approximate surface area is 89.3 Å². The van der Waals surface area contributed by atoms with Crippen LogP contribution < -0.4 is 0 Å². The van der Waals surface area contributed by atoms with E-state index in [1.54, 1.807) is 0 Å². The molecule has 1 aliphatic heterocycles. The van der Waals surface area contributed by atoms with E-state index in [1.165, 1.54) is 52.0 Å². The molecule has 84 valence electrons. The molecule has 14 heavy (non-hydrogen) atoms. The van der Waals surface area contributed by atoms with Crippen LogP contribution in [0.25, 0.3) is 0 Å². The molecule has 0 spiro atoms. The molecule has 0 radical (unpaired) electrons. The zero-order chi connectivity index (χ0) is 10.4. The number of piperidine rings is 1. The molecule has 1 saturated heterocycles. The van der Waals surface area contributed by atoms with Crippen molar-refractivity contribution in [3.8, 4) is 0 Å². The van der Waals surface area contributed by atoms with Crippen molar-refractivity contribution < 1.29 is 0 Å². The van der Waals surface area contributed by atoms with Gasteiger partial charge in [0.05, 0.1) is 0 Å². The monoisotopic (exact) mass is 198 g/mol. The number of likely N-dealkylation sites (tertiary alicyclic amines) is 1. The quantitative estimate of drug-likeness (QED) is 0.667. The summed E-state index contributed by atoms with van der Waals surface area (Å²) in [6.45, 7) is 11.0. The third-order valence-electron chi connectivity index (χ3n) is 3.33. The third kappa shape index (κ3) is 3.97. The Morgan fingerprint density at radius 3 is 2.36 bits per heavy atom. The van der Waals surface area contributed by atoms with Crippen LogP contribution in [-0.4, -0.2) is 49.6 Å². The lowest BCUT2D eigenvalue weighted by Gasteiger charge is -2.33. The number of rotatable bonds is 5. The summed E-state index contributed by atoms with van der Waals surface area (Å²) in [6.07, 6.45) is 4.09. The van der Waals surface area contributed by atoms with Gasteiger partial charge in [-0.15, -0.1) is 0 Å². The summed E-state index contributed by atoms with van der Waals surface area (Å²) < 4.78 is 0. The van der Waals surface area contributed by atoms with Gasteiger partial charge in [0.15, 0.2) is 0 Å². The smallest absolute Gasteiger partial charge is 0.000756 e. The maximum absolute atomic E-state index is 2.57. The third-order valence-corrected chi connectivity index (χ3v) is 3.33. The Hall–Kier alpha value is -0.0800. The minimum absolute atomic E-state index is 0.953. The van der Waals surface area contributed by atoms with Gasteiger partial charge >= 0.3 is 0 Å². The van der Waals surface area contributed by atoms with Crippen LogP contribution in [-0.2, 0) is 0 Å². The maximum atomic E-state index is 2.57. The first-order valence-electron chi connectivity index (χ1n) is 6.17. The minimum atomic E-state index is 0.953. The summed E-state index contributed by atoms with van der Waals surface area (Å²) in [5, 5.41) is 0. The molecule has 0 unspecified atom stereocenters. The lowest BCUT2D eigenvalue weighted by Crippen LogP contribution is -2.37. The summed E-state index contributed by atoms with van der Waals surface area (Å²) >= 11 is 0. The van der Waals surface area contributed by atoms with E-state index in [2.05, 4.69) is 30.7 Å². The first-order valence-corrected chi connectivity index (χ1v) is 6.17. The van der Waals surface area contributed by atoms with Gasteiger partial charge in [-0.3, -0.25) is 0 Å². The molecule has 0 amide bonds. The summed E-state index contributed by atoms with van der Waals surface area (Å²) in [4.78, 5) is 5.06. The fraction of sp³-hybridized carbons (Fsp3) is 1.00. The molecule has 2 nitrogen and oxygen atoms in total. The number of hydrogen-bond donors (Lipinski definition) is 0. The molecule has 0 aromatic heterocycles. The molecule has 0 aromatic rings. The van der Waals surface area contributed by atoms with Crippen LogP contribution >= 0.6 is 0 Å². The second-order valence-corrected chi connectivity index (χ2v) is 4.64. The molecule has 0 saturated carbocycles.